The molecule has 0 aromatic heterocycles. The van der Waals surface area contributed by atoms with Crippen molar-refractivity contribution >= 4 is 23.2 Å². The van der Waals surface area contributed by atoms with Gasteiger partial charge in [0.2, 0.25) is 0 Å². The molecule has 72 valence electrons. The lowest BCUT2D eigenvalue weighted by Gasteiger charge is -2.41. The van der Waals surface area contributed by atoms with E-state index in [-0.39, 0.29) is 5.50 Å². The van der Waals surface area contributed by atoms with Crippen LogP contribution in [0.2, 0.25) is 0 Å². The molecule has 0 aliphatic carbocycles. The lowest BCUT2D eigenvalue weighted by Crippen LogP contribution is -2.58. The molecule has 0 amide bonds. The second-order valence-corrected chi connectivity index (χ2v) is 4.88. The van der Waals surface area contributed by atoms with Gasteiger partial charge in [-0.25, -0.2) is 0 Å². The van der Waals surface area contributed by atoms with Gasteiger partial charge in [-0.2, -0.15) is 0 Å². The van der Waals surface area contributed by atoms with Crippen LogP contribution in [0.15, 0.2) is 0 Å². The molecular formula is C8H17Cl2N2+. The van der Waals surface area contributed by atoms with E-state index in [2.05, 4.69) is 19.0 Å². The van der Waals surface area contributed by atoms with Crippen molar-refractivity contribution in [3.05, 3.63) is 0 Å². The predicted octanol–water partition coefficient (Wildman–Crippen LogP) is 1.18. The first-order valence-electron chi connectivity index (χ1n) is 4.31. The number of rotatable bonds is 2. The van der Waals surface area contributed by atoms with E-state index in [9.17, 15) is 0 Å². The fourth-order valence-electron chi connectivity index (χ4n) is 1.51. The Morgan fingerprint density at radius 3 is 2.67 bits per heavy atom. The second kappa shape index (κ2) is 4.14. The first-order valence-corrected chi connectivity index (χ1v) is 5.28. The fraction of sp³-hybridized carbons (Fsp3) is 1.00. The van der Waals surface area contributed by atoms with Gasteiger partial charge in [-0.3, -0.25) is 4.90 Å². The number of halogens is 2. The molecule has 0 bridgehead atoms. The highest BCUT2D eigenvalue weighted by Crippen LogP contribution is 2.16. The third-order valence-electron chi connectivity index (χ3n) is 2.41. The van der Waals surface area contributed by atoms with Gasteiger partial charge in [0.15, 0.2) is 0 Å². The molecule has 0 N–H and O–H groups in total. The maximum atomic E-state index is 6.20. The van der Waals surface area contributed by atoms with E-state index >= 15 is 0 Å². The molecule has 2 nitrogen and oxygen atoms in total. The first kappa shape index (κ1) is 10.6. The number of piperazine rings is 1. The molecule has 12 heavy (non-hydrogen) atoms. The molecule has 1 unspecified atom stereocenters. The van der Waals surface area contributed by atoms with Crippen LogP contribution in [0.4, 0.5) is 0 Å². The molecule has 1 fully saturated rings. The van der Waals surface area contributed by atoms with E-state index in [1.807, 2.05) is 0 Å². The zero-order valence-electron chi connectivity index (χ0n) is 7.76. The van der Waals surface area contributed by atoms with Crippen LogP contribution in [-0.2, 0) is 0 Å². The maximum Gasteiger partial charge on any atom is 0.135 e. The van der Waals surface area contributed by atoms with Crippen molar-refractivity contribution in [3.8, 4) is 0 Å². The lowest BCUT2D eigenvalue weighted by atomic mass is 10.3. The number of likely N-dealkylation sites (N-methyl/N-ethyl adjacent to an activating group) is 1. The highest BCUT2D eigenvalue weighted by Gasteiger charge is 2.31. The third-order valence-corrected chi connectivity index (χ3v) is 2.99. The quantitative estimate of drug-likeness (QED) is 0.377. The summed E-state index contributed by atoms with van der Waals surface area (Å²) in [6.45, 7) is 4.15. The van der Waals surface area contributed by atoms with E-state index in [4.69, 9.17) is 23.2 Å². The van der Waals surface area contributed by atoms with Gasteiger partial charge >= 0.3 is 0 Å². The summed E-state index contributed by atoms with van der Waals surface area (Å²) in [7, 11) is 4.43. The Kier molecular flexibility index (Phi) is 3.65. The molecular weight excluding hydrogens is 195 g/mol. The summed E-state index contributed by atoms with van der Waals surface area (Å²) in [4.78, 5) is 2.25. The van der Waals surface area contributed by atoms with Crippen molar-refractivity contribution in [3.63, 3.8) is 0 Å². The van der Waals surface area contributed by atoms with Crippen LogP contribution in [0.1, 0.15) is 0 Å². The Bertz CT molecular complexity index is 150. The monoisotopic (exact) mass is 211 g/mol. The molecule has 0 spiro atoms. The average molecular weight is 212 g/mol. The summed E-state index contributed by atoms with van der Waals surface area (Å²) in [6.07, 6.45) is 0. The van der Waals surface area contributed by atoms with E-state index < -0.39 is 0 Å². The topological polar surface area (TPSA) is 3.24 Å². The predicted molar refractivity (Wildman–Crippen MR) is 53.8 cm³/mol. The maximum absolute atomic E-state index is 6.20. The largest absolute Gasteiger partial charge is 0.325 e. The van der Waals surface area contributed by atoms with Crippen molar-refractivity contribution < 1.29 is 4.48 Å². The Morgan fingerprint density at radius 2 is 2.17 bits per heavy atom. The molecule has 0 aromatic rings. The standard InChI is InChI=1S/C8H17Cl2N2/c1-12(2)6-5-11(4-3-9)8(10)7-12/h8H,3-7H2,1-2H3/q+1. The van der Waals surface area contributed by atoms with Crippen LogP contribution in [-0.4, -0.2) is 61.0 Å². The minimum absolute atomic E-state index is 0.160. The molecule has 1 saturated heterocycles. The molecule has 1 heterocycles. The van der Waals surface area contributed by atoms with Crippen molar-refractivity contribution in [2.24, 2.45) is 0 Å². The summed E-state index contributed by atoms with van der Waals surface area (Å²) in [5.41, 5.74) is 0.160. The number of hydrogen-bond acceptors (Lipinski definition) is 1. The Balaban J connectivity index is 2.42. The van der Waals surface area contributed by atoms with Gasteiger partial charge in [-0.15, -0.1) is 11.6 Å². The summed E-state index contributed by atoms with van der Waals surface area (Å²) in [6, 6.07) is 0. The normalized spacial score (nSPS) is 30.5. The number of hydrogen-bond donors (Lipinski definition) is 0. The average Bonchev–Trinajstić information content (AvgIpc) is 1.94. The molecule has 1 rings (SSSR count). The molecule has 4 heteroatoms. The molecule has 0 radical (unpaired) electrons. The van der Waals surface area contributed by atoms with Gasteiger partial charge in [0.25, 0.3) is 0 Å². The summed E-state index contributed by atoms with van der Waals surface area (Å²) >= 11 is 11.9. The molecule has 0 saturated carbocycles. The van der Waals surface area contributed by atoms with Crippen molar-refractivity contribution in [1.29, 1.82) is 0 Å². The Labute approximate surface area is 84.6 Å². The SMILES string of the molecule is C[N+]1(C)CCN(CCCl)C(Cl)C1. The number of alkyl halides is 2. The Hall–Kier alpha value is 0.500. The molecule has 1 aliphatic heterocycles. The second-order valence-electron chi connectivity index (χ2n) is 4.00. The highest BCUT2D eigenvalue weighted by molar-refractivity contribution is 6.20. The van der Waals surface area contributed by atoms with Gasteiger partial charge < -0.3 is 4.48 Å². The van der Waals surface area contributed by atoms with E-state index in [1.165, 1.54) is 6.54 Å². The molecule has 0 aromatic carbocycles. The van der Waals surface area contributed by atoms with E-state index in [1.54, 1.807) is 0 Å². The summed E-state index contributed by atoms with van der Waals surface area (Å²) in [5.74, 6) is 0.677. The first-order chi connectivity index (χ1) is 5.55. The smallest absolute Gasteiger partial charge is 0.135 e. The van der Waals surface area contributed by atoms with Gasteiger partial charge in [0.1, 0.15) is 12.0 Å². The third kappa shape index (κ3) is 2.77. The minimum Gasteiger partial charge on any atom is -0.325 e. The van der Waals surface area contributed by atoms with E-state index in [0.717, 1.165) is 24.1 Å². The van der Waals surface area contributed by atoms with Crippen LogP contribution < -0.4 is 0 Å². The van der Waals surface area contributed by atoms with Crippen LogP contribution >= 0.6 is 23.2 Å². The summed E-state index contributed by atoms with van der Waals surface area (Å²) in [5, 5.41) is 0. The van der Waals surface area contributed by atoms with Gasteiger partial charge in [-0.05, 0) is 0 Å². The van der Waals surface area contributed by atoms with Gasteiger partial charge in [0.05, 0.1) is 20.6 Å². The zero-order valence-corrected chi connectivity index (χ0v) is 9.28. The van der Waals surface area contributed by atoms with Crippen LogP contribution in [0.3, 0.4) is 0 Å². The zero-order chi connectivity index (χ0) is 9.19. The number of quaternary nitrogens is 1. The van der Waals surface area contributed by atoms with Crippen LogP contribution in [0.25, 0.3) is 0 Å². The van der Waals surface area contributed by atoms with E-state index in [0.29, 0.717) is 5.88 Å². The number of nitrogens with zero attached hydrogens (tertiary/aromatic N) is 2. The fourth-order valence-corrected chi connectivity index (χ4v) is 2.30. The van der Waals surface area contributed by atoms with Gasteiger partial charge in [0, 0.05) is 19.0 Å². The lowest BCUT2D eigenvalue weighted by molar-refractivity contribution is -0.896. The molecule has 1 atom stereocenters. The van der Waals surface area contributed by atoms with Crippen LogP contribution in [0, 0.1) is 0 Å². The van der Waals surface area contributed by atoms with Gasteiger partial charge in [-0.1, -0.05) is 11.6 Å². The highest BCUT2D eigenvalue weighted by atomic mass is 35.5. The van der Waals surface area contributed by atoms with Crippen molar-refractivity contribution in [2.75, 3.05) is 46.2 Å². The van der Waals surface area contributed by atoms with Crippen molar-refractivity contribution in [1.82, 2.24) is 4.90 Å². The summed E-state index contributed by atoms with van der Waals surface area (Å²) < 4.78 is 1.02. The minimum atomic E-state index is 0.160. The van der Waals surface area contributed by atoms with Crippen molar-refractivity contribution in [2.45, 2.75) is 5.50 Å². The van der Waals surface area contributed by atoms with Crippen LogP contribution in [0.5, 0.6) is 0 Å². The Morgan fingerprint density at radius 1 is 1.50 bits per heavy atom. The molecule has 1 aliphatic rings.